The molecule has 23 heavy (non-hydrogen) atoms. The lowest BCUT2D eigenvalue weighted by molar-refractivity contribution is -0.158. The van der Waals surface area contributed by atoms with E-state index >= 15 is 0 Å². The minimum atomic E-state index is -0.663. The van der Waals surface area contributed by atoms with Crippen LogP contribution in [-0.4, -0.2) is 42.8 Å². The number of alkyl halides is 1. The first kappa shape index (κ1) is 17.1. The molecule has 5 heteroatoms. The van der Waals surface area contributed by atoms with Crippen molar-refractivity contribution in [3.05, 3.63) is 33.4 Å². The Kier molecular flexibility index (Phi) is 5.26. The summed E-state index contributed by atoms with van der Waals surface area (Å²) in [6, 6.07) is 9.15. The van der Waals surface area contributed by atoms with Crippen LogP contribution in [0.25, 0.3) is 0 Å². The fourth-order valence-electron chi connectivity index (χ4n) is 4.15. The van der Waals surface area contributed by atoms with Gasteiger partial charge in [-0.25, -0.2) is 4.39 Å². The Labute approximate surface area is 150 Å². The van der Waals surface area contributed by atoms with Gasteiger partial charge in [0.1, 0.15) is 12.8 Å². The van der Waals surface area contributed by atoms with E-state index in [-0.39, 0.29) is 23.8 Å². The average molecular weight is 431 g/mol. The zero-order valence-electron chi connectivity index (χ0n) is 13.5. The Morgan fingerprint density at radius 2 is 2.09 bits per heavy atom. The van der Waals surface area contributed by atoms with Gasteiger partial charge in [-0.15, -0.1) is 0 Å². The van der Waals surface area contributed by atoms with Crippen molar-refractivity contribution in [1.29, 1.82) is 0 Å². The van der Waals surface area contributed by atoms with Crippen molar-refractivity contribution < 1.29 is 13.9 Å². The van der Waals surface area contributed by atoms with E-state index in [1.807, 2.05) is 0 Å². The summed E-state index contributed by atoms with van der Waals surface area (Å²) in [5.41, 5.74) is 1.20. The minimum Gasteiger partial charge on any atom is -0.460 e. The van der Waals surface area contributed by atoms with Crippen LogP contribution in [0.1, 0.15) is 37.7 Å². The third kappa shape index (κ3) is 3.40. The lowest BCUT2D eigenvalue weighted by Gasteiger charge is -2.42. The molecule has 2 aliphatic heterocycles. The van der Waals surface area contributed by atoms with Crippen molar-refractivity contribution >= 4 is 28.6 Å². The van der Waals surface area contributed by atoms with Crippen LogP contribution in [0.4, 0.5) is 4.39 Å². The molecule has 5 atom stereocenters. The van der Waals surface area contributed by atoms with E-state index in [9.17, 15) is 9.18 Å². The minimum absolute atomic E-state index is 0.167. The standard InChI is InChI=1S/C18H23FINO2/c1-11(10-19)23-18(22)17-15(12-3-5-13(20)6-4-12)9-14-7-8-16(17)21(14)2/h3-6,11,14-17H,7-10H2,1-2H3. The summed E-state index contributed by atoms with van der Waals surface area (Å²) >= 11 is 2.29. The Morgan fingerprint density at radius 1 is 1.39 bits per heavy atom. The van der Waals surface area contributed by atoms with Gasteiger partial charge >= 0.3 is 5.97 Å². The summed E-state index contributed by atoms with van der Waals surface area (Å²) < 4.78 is 19.3. The maximum absolute atomic E-state index is 12.8. The number of fused-ring (bicyclic) bond motifs is 2. The molecule has 0 N–H and O–H groups in total. The SMILES string of the molecule is CC(CF)OC(=O)C1C(c2ccc(I)cc2)CC2CCC1N2C. The molecular formula is C18H23FINO2. The van der Waals surface area contributed by atoms with Crippen molar-refractivity contribution in [2.75, 3.05) is 13.7 Å². The summed E-state index contributed by atoms with van der Waals surface area (Å²) in [4.78, 5) is 15.1. The highest BCUT2D eigenvalue weighted by atomic mass is 127. The number of rotatable bonds is 4. The lowest BCUT2D eigenvalue weighted by atomic mass is 9.76. The van der Waals surface area contributed by atoms with Gasteiger partial charge in [-0.3, -0.25) is 9.69 Å². The van der Waals surface area contributed by atoms with Gasteiger partial charge in [0.15, 0.2) is 0 Å². The zero-order chi connectivity index (χ0) is 16.6. The van der Waals surface area contributed by atoms with E-state index < -0.39 is 12.8 Å². The van der Waals surface area contributed by atoms with Gasteiger partial charge in [-0.1, -0.05) is 12.1 Å². The molecule has 3 nitrogen and oxygen atoms in total. The Hall–Kier alpha value is -0.690. The van der Waals surface area contributed by atoms with Crippen LogP contribution in [0, 0.1) is 9.49 Å². The largest absolute Gasteiger partial charge is 0.460 e. The summed E-state index contributed by atoms with van der Waals surface area (Å²) in [5.74, 6) is -0.274. The summed E-state index contributed by atoms with van der Waals surface area (Å²) in [6.07, 6.45) is 2.46. The highest BCUT2D eigenvalue weighted by Crippen LogP contribution is 2.46. The molecule has 1 aromatic carbocycles. The van der Waals surface area contributed by atoms with Crippen LogP contribution >= 0.6 is 22.6 Å². The van der Waals surface area contributed by atoms with Gasteiger partial charge in [-0.2, -0.15) is 0 Å². The highest BCUT2D eigenvalue weighted by molar-refractivity contribution is 14.1. The normalized spacial score (nSPS) is 31.8. The van der Waals surface area contributed by atoms with E-state index in [1.165, 1.54) is 9.13 Å². The fraction of sp³-hybridized carbons (Fsp3) is 0.611. The van der Waals surface area contributed by atoms with Crippen LogP contribution in [0.5, 0.6) is 0 Å². The van der Waals surface area contributed by atoms with Gasteiger partial charge in [0, 0.05) is 21.6 Å². The zero-order valence-corrected chi connectivity index (χ0v) is 15.7. The van der Waals surface area contributed by atoms with Crippen LogP contribution in [0.2, 0.25) is 0 Å². The topological polar surface area (TPSA) is 29.5 Å². The van der Waals surface area contributed by atoms with Crippen molar-refractivity contribution in [1.82, 2.24) is 4.90 Å². The van der Waals surface area contributed by atoms with E-state index in [0.29, 0.717) is 6.04 Å². The van der Waals surface area contributed by atoms with E-state index in [1.54, 1.807) is 6.92 Å². The predicted octanol–water partition coefficient (Wildman–Crippen LogP) is 3.76. The molecule has 126 valence electrons. The second-order valence-corrected chi connectivity index (χ2v) is 8.03. The molecule has 0 aromatic heterocycles. The van der Waals surface area contributed by atoms with Gasteiger partial charge in [0.25, 0.3) is 0 Å². The third-order valence-corrected chi connectivity index (χ3v) is 6.09. The number of carbonyl (C=O) groups is 1. The van der Waals surface area contributed by atoms with E-state index in [4.69, 9.17) is 4.74 Å². The summed E-state index contributed by atoms with van der Waals surface area (Å²) in [5, 5.41) is 0. The van der Waals surface area contributed by atoms with E-state index in [0.717, 1.165) is 19.3 Å². The number of benzene rings is 1. The Balaban J connectivity index is 1.89. The van der Waals surface area contributed by atoms with Gasteiger partial charge < -0.3 is 4.74 Å². The van der Waals surface area contributed by atoms with Gasteiger partial charge in [-0.05, 0) is 73.5 Å². The number of ether oxygens (including phenoxy) is 1. The highest BCUT2D eigenvalue weighted by Gasteiger charge is 2.49. The number of hydrogen-bond acceptors (Lipinski definition) is 3. The first-order valence-electron chi connectivity index (χ1n) is 8.25. The first-order chi connectivity index (χ1) is 11.0. The lowest BCUT2D eigenvalue weighted by Crippen LogP contribution is -2.49. The monoisotopic (exact) mass is 431 g/mol. The number of nitrogens with zero attached hydrogens (tertiary/aromatic N) is 1. The molecule has 0 spiro atoms. The summed E-state index contributed by atoms with van der Waals surface area (Å²) in [7, 11) is 2.10. The van der Waals surface area contributed by atoms with Crippen LogP contribution < -0.4 is 0 Å². The van der Waals surface area contributed by atoms with Gasteiger partial charge in [0.2, 0.25) is 0 Å². The molecule has 5 unspecified atom stereocenters. The average Bonchev–Trinajstić information content (AvgIpc) is 2.78. The Morgan fingerprint density at radius 3 is 2.74 bits per heavy atom. The molecule has 3 rings (SSSR count). The van der Waals surface area contributed by atoms with Crippen LogP contribution in [0.15, 0.2) is 24.3 Å². The molecule has 0 saturated carbocycles. The van der Waals surface area contributed by atoms with Crippen molar-refractivity contribution in [3.8, 4) is 0 Å². The predicted molar refractivity (Wildman–Crippen MR) is 96.1 cm³/mol. The Bertz CT molecular complexity index is 565. The second-order valence-electron chi connectivity index (χ2n) is 6.79. The molecule has 1 aromatic rings. The molecule has 2 bridgehead atoms. The fourth-order valence-corrected chi connectivity index (χ4v) is 4.51. The van der Waals surface area contributed by atoms with Crippen molar-refractivity contribution in [2.24, 2.45) is 5.92 Å². The number of carbonyl (C=O) groups excluding carboxylic acids is 1. The van der Waals surface area contributed by atoms with Crippen LogP contribution in [0.3, 0.4) is 0 Å². The molecule has 0 radical (unpaired) electrons. The molecule has 2 heterocycles. The van der Waals surface area contributed by atoms with Gasteiger partial charge in [0.05, 0.1) is 5.92 Å². The number of piperidine rings is 1. The summed E-state index contributed by atoms with van der Waals surface area (Å²) in [6.45, 7) is 0.984. The maximum atomic E-state index is 12.8. The number of hydrogen-bond donors (Lipinski definition) is 0. The molecule has 0 aliphatic carbocycles. The quantitative estimate of drug-likeness (QED) is 0.537. The smallest absolute Gasteiger partial charge is 0.311 e. The number of esters is 1. The first-order valence-corrected chi connectivity index (χ1v) is 9.33. The van der Waals surface area contributed by atoms with Crippen LogP contribution in [-0.2, 0) is 9.53 Å². The molecule has 2 saturated heterocycles. The molecule has 0 amide bonds. The molecule has 2 aliphatic rings. The molecule has 2 fully saturated rings. The van der Waals surface area contributed by atoms with Crippen molar-refractivity contribution in [2.45, 2.75) is 50.3 Å². The second kappa shape index (κ2) is 7.05. The third-order valence-electron chi connectivity index (χ3n) is 5.37. The number of halogens is 2. The van der Waals surface area contributed by atoms with E-state index in [2.05, 4.69) is 58.8 Å². The van der Waals surface area contributed by atoms with Crippen molar-refractivity contribution in [3.63, 3.8) is 0 Å². The maximum Gasteiger partial charge on any atom is 0.311 e. The molecular weight excluding hydrogens is 408 g/mol.